The molecule has 1 aromatic rings. The van der Waals surface area contributed by atoms with Gasteiger partial charge in [0.1, 0.15) is 11.5 Å². The third-order valence-electron chi connectivity index (χ3n) is 2.36. The lowest BCUT2D eigenvalue weighted by Gasteiger charge is -2.15. The summed E-state index contributed by atoms with van der Waals surface area (Å²) in [5.41, 5.74) is 6.31. The number of nitrogens with two attached hydrogens (primary N) is 1. The molecule has 0 saturated carbocycles. The lowest BCUT2D eigenvalue weighted by atomic mass is 10.2. The number of aliphatic hydroxyl groups is 1. The van der Waals surface area contributed by atoms with Crippen LogP contribution in [0.4, 0.5) is 14.5 Å². The molecule has 0 unspecified atom stereocenters. The highest BCUT2D eigenvalue weighted by Crippen LogP contribution is 2.27. The zero-order valence-corrected chi connectivity index (χ0v) is 11.5. The Bertz CT molecular complexity index is 578. The number of anilines is 1. The molecule has 1 aromatic carbocycles. The number of aliphatic hydroxyl groups excluding tert-OH is 1. The Morgan fingerprint density at radius 3 is 2.58 bits per heavy atom. The molecule has 0 amide bonds. The summed E-state index contributed by atoms with van der Waals surface area (Å²) in [7, 11) is -4.23. The van der Waals surface area contributed by atoms with Crippen LogP contribution in [-0.2, 0) is 10.0 Å². The monoisotopic (exact) mass is 314 g/mol. The van der Waals surface area contributed by atoms with Crippen LogP contribution in [0.5, 0.6) is 0 Å². The third kappa shape index (κ3) is 4.00. The van der Waals surface area contributed by atoms with E-state index in [0.717, 1.165) is 6.07 Å². The van der Waals surface area contributed by atoms with Crippen molar-refractivity contribution in [3.8, 4) is 0 Å². The highest BCUT2D eigenvalue weighted by Gasteiger charge is 2.31. The zero-order chi connectivity index (χ0) is 14.8. The molecule has 4 N–H and O–H groups in total. The first-order valence-corrected chi connectivity index (χ1v) is 6.99. The summed E-state index contributed by atoms with van der Waals surface area (Å²) in [4.78, 5) is -0.383. The van der Waals surface area contributed by atoms with Crippen molar-refractivity contribution in [3.63, 3.8) is 0 Å². The molecule has 0 aliphatic rings. The van der Waals surface area contributed by atoms with Gasteiger partial charge < -0.3 is 10.8 Å². The van der Waals surface area contributed by atoms with Crippen LogP contribution in [0.3, 0.4) is 0 Å². The first-order valence-electron chi connectivity index (χ1n) is 5.13. The van der Waals surface area contributed by atoms with Gasteiger partial charge in [0, 0.05) is 5.69 Å². The Morgan fingerprint density at radius 1 is 1.47 bits per heavy atom. The summed E-state index contributed by atoms with van der Waals surface area (Å²) < 4.78 is 50.9. The molecule has 0 aliphatic carbocycles. The van der Waals surface area contributed by atoms with Crippen molar-refractivity contribution in [3.05, 3.63) is 22.7 Å². The third-order valence-corrected chi connectivity index (χ3v) is 4.23. The molecule has 0 atom stereocenters. The Balaban J connectivity index is 3.05. The molecule has 0 fully saturated rings. The van der Waals surface area contributed by atoms with E-state index in [4.69, 9.17) is 22.4 Å². The topological polar surface area (TPSA) is 92.4 Å². The average Bonchev–Trinajstić information content (AvgIpc) is 2.31. The van der Waals surface area contributed by atoms with Gasteiger partial charge in [0.05, 0.1) is 11.6 Å². The quantitative estimate of drug-likeness (QED) is 0.711. The second-order valence-corrected chi connectivity index (χ2v) is 6.12. The number of halogens is 3. The molecule has 108 valence electrons. The predicted molar refractivity (Wildman–Crippen MR) is 67.8 cm³/mol. The van der Waals surface area contributed by atoms with Crippen molar-refractivity contribution in [1.82, 2.24) is 4.72 Å². The molecule has 0 saturated heterocycles. The molecule has 0 bridgehead atoms. The number of hydrogen-bond donors (Lipinski definition) is 3. The van der Waals surface area contributed by atoms with Gasteiger partial charge >= 0.3 is 0 Å². The fraction of sp³-hybridized carbons (Fsp3) is 0.400. The van der Waals surface area contributed by atoms with E-state index in [-0.39, 0.29) is 15.6 Å². The number of alkyl halides is 2. The van der Waals surface area contributed by atoms with E-state index in [2.05, 4.69) is 0 Å². The van der Waals surface area contributed by atoms with Crippen molar-refractivity contribution < 1.29 is 22.3 Å². The Kier molecular flexibility index (Phi) is 4.72. The largest absolute Gasteiger partial charge is 0.398 e. The van der Waals surface area contributed by atoms with Crippen LogP contribution in [0.15, 0.2) is 17.0 Å². The summed E-state index contributed by atoms with van der Waals surface area (Å²) in [5.74, 6) is -3.55. The summed E-state index contributed by atoms with van der Waals surface area (Å²) in [6, 6.07) is 2.42. The summed E-state index contributed by atoms with van der Waals surface area (Å²) >= 11 is 5.76. The minimum absolute atomic E-state index is 0.119. The van der Waals surface area contributed by atoms with Crippen LogP contribution in [0.2, 0.25) is 5.02 Å². The molecule has 0 aliphatic heterocycles. The Hall–Kier alpha value is -0.960. The van der Waals surface area contributed by atoms with E-state index in [1.807, 2.05) is 0 Å². The molecular weight excluding hydrogens is 302 g/mol. The molecule has 9 heteroatoms. The number of nitrogens with one attached hydrogen (secondary N) is 1. The first kappa shape index (κ1) is 16.1. The second kappa shape index (κ2) is 5.58. The van der Waals surface area contributed by atoms with Crippen molar-refractivity contribution in [1.29, 1.82) is 0 Å². The maximum Gasteiger partial charge on any atom is 0.283 e. The van der Waals surface area contributed by atoms with Crippen LogP contribution in [-0.4, -0.2) is 32.6 Å². The van der Waals surface area contributed by atoms with Gasteiger partial charge in [-0.2, -0.15) is 0 Å². The van der Waals surface area contributed by atoms with Crippen molar-refractivity contribution in [2.75, 3.05) is 18.9 Å². The number of sulfonamides is 1. The number of aryl methyl sites for hydroxylation is 1. The number of hydrogen-bond acceptors (Lipinski definition) is 4. The van der Waals surface area contributed by atoms with E-state index in [0.29, 0.717) is 5.56 Å². The van der Waals surface area contributed by atoms with Crippen LogP contribution >= 0.6 is 11.6 Å². The number of benzene rings is 1. The van der Waals surface area contributed by atoms with E-state index in [1.54, 1.807) is 11.6 Å². The van der Waals surface area contributed by atoms with Crippen LogP contribution in [0, 0.1) is 6.92 Å². The normalized spacial score (nSPS) is 12.7. The van der Waals surface area contributed by atoms with E-state index in [9.17, 15) is 17.2 Å². The van der Waals surface area contributed by atoms with Crippen LogP contribution in [0.1, 0.15) is 5.56 Å². The summed E-state index contributed by atoms with van der Waals surface area (Å²) in [6.07, 6.45) is 0. The van der Waals surface area contributed by atoms with Gasteiger partial charge in [-0.1, -0.05) is 11.6 Å². The SMILES string of the molecule is Cc1cc(Cl)c(S(=O)(=O)NCC(F)(F)CO)cc1N. The van der Waals surface area contributed by atoms with Gasteiger partial charge in [-0.15, -0.1) is 0 Å². The summed E-state index contributed by atoms with van der Waals surface area (Å²) in [6.45, 7) is -1.06. The van der Waals surface area contributed by atoms with Crippen molar-refractivity contribution >= 4 is 27.3 Å². The van der Waals surface area contributed by atoms with Gasteiger partial charge in [-0.3, -0.25) is 0 Å². The maximum absolute atomic E-state index is 12.8. The lowest BCUT2D eigenvalue weighted by molar-refractivity contribution is -0.0437. The van der Waals surface area contributed by atoms with Gasteiger partial charge in [0.25, 0.3) is 5.92 Å². The predicted octanol–water partition coefficient (Wildman–Crippen LogP) is 1.14. The van der Waals surface area contributed by atoms with Crippen molar-refractivity contribution in [2.24, 2.45) is 0 Å². The molecule has 0 radical (unpaired) electrons. The van der Waals surface area contributed by atoms with E-state index >= 15 is 0 Å². The number of nitrogen functional groups attached to an aromatic ring is 1. The summed E-state index contributed by atoms with van der Waals surface area (Å²) in [5, 5.41) is 8.25. The highest BCUT2D eigenvalue weighted by atomic mass is 35.5. The molecule has 0 heterocycles. The second-order valence-electron chi connectivity index (χ2n) is 3.98. The van der Waals surface area contributed by atoms with Gasteiger partial charge in [0.15, 0.2) is 0 Å². The minimum atomic E-state index is -4.23. The van der Waals surface area contributed by atoms with Gasteiger partial charge in [-0.25, -0.2) is 21.9 Å². The van der Waals surface area contributed by atoms with E-state index in [1.165, 1.54) is 6.07 Å². The van der Waals surface area contributed by atoms with E-state index < -0.39 is 29.1 Å². The standard InChI is InChI=1S/C10H13ClF2N2O3S/c1-6-2-7(11)9(3-8(6)14)19(17,18)15-4-10(12,13)5-16/h2-3,15-16H,4-5,14H2,1H3. The zero-order valence-electron chi connectivity index (χ0n) is 9.95. The Labute approximate surface area is 114 Å². The molecule has 5 nitrogen and oxygen atoms in total. The molecule has 0 aromatic heterocycles. The molecular formula is C10H13ClF2N2O3S. The lowest BCUT2D eigenvalue weighted by Crippen LogP contribution is -2.39. The smallest absolute Gasteiger partial charge is 0.283 e. The Morgan fingerprint density at radius 2 is 2.05 bits per heavy atom. The molecule has 19 heavy (non-hydrogen) atoms. The van der Waals surface area contributed by atoms with Crippen LogP contribution in [0.25, 0.3) is 0 Å². The minimum Gasteiger partial charge on any atom is -0.398 e. The van der Waals surface area contributed by atoms with Gasteiger partial charge in [0.2, 0.25) is 10.0 Å². The number of rotatable bonds is 5. The molecule has 1 rings (SSSR count). The average molecular weight is 315 g/mol. The fourth-order valence-electron chi connectivity index (χ4n) is 1.21. The fourth-order valence-corrected chi connectivity index (χ4v) is 2.89. The first-order chi connectivity index (χ1) is 8.59. The van der Waals surface area contributed by atoms with Crippen LogP contribution < -0.4 is 10.5 Å². The maximum atomic E-state index is 12.8. The highest BCUT2D eigenvalue weighted by molar-refractivity contribution is 7.89. The molecule has 0 spiro atoms. The van der Waals surface area contributed by atoms with Gasteiger partial charge in [-0.05, 0) is 24.6 Å². The van der Waals surface area contributed by atoms with Crippen molar-refractivity contribution in [2.45, 2.75) is 17.7 Å².